The first-order chi connectivity index (χ1) is 10.6. The lowest BCUT2D eigenvalue weighted by Gasteiger charge is -2.16. The molecule has 116 valence electrons. The van der Waals surface area contributed by atoms with Crippen LogP contribution in [-0.4, -0.2) is 24.3 Å². The Morgan fingerprint density at radius 1 is 1.23 bits per heavy atom. The Bertz CT molecular complexity index is 628. The van der Waals surface area contributed by atoms with E-state index < -0.39 is 12.1 Å². The van der Waals surface area contributed by atoms with E-state index in [1.165, 1.54) is 7.11 Å². The fourth-order valence-corrected chi connectivity index (χ4v) is 2.29. The van der Waals surface area contributed by atoms with Crippen LogP contribution in [0.25, 0.3) is 0 Å². The van der Waals surface area contributed by atoms with Gasteiger partial charge in [0.25, 0.3) is 0 Å². The SMILES string of the molecule is COc1ccc(Cl)cc1C[C@@H](OCc1ccccc1)C(=O)O. The first kappa shape index (κ1) is 16.3. The number of aliphatic carboxylic acids is 1. The monoisotopic (exact) mass is 320 g/mol. The molecule has 0 aliphatic rings. The minimum absolute atomic E-state index is 0.186. The number of hydrogen-bond donors (Lipinski definition) is 1. The molecule has 2 aromatic carbocycles. The van der Waals surface area contributed by atoms with Crippen LogP contribution in [0.3, 0.4) is 0 Å². The standard InChI is InChI=1S/C17H17ClO4/c1-21-15-8-7-14(18)9-13(15)10-16(17(19)20)22-11-12-5-3-2-4-6-12/h2-9,16H,10-11H2,1H3,(H,19,20)/t16-/m1/s1. The highest BCUT2D eigenvalue weighted by molar-refractivity contribution is 6.30. The van der Waals surface area contributed by atoms with Crippen molar-refractivity contribution >= 4 is 17.6 Å². The molecule has 0 bridgehead atoms. The molecule has 0 aliphatic heterocycles. The Labute approximate surface area is 134 Å². The molecular weight excluding hydrogens is 304 g/mol. The van der Waals surface area contributed by atoms with Crippen molar-refractivity contribution in [2.24, 2.45) is 0 Å². The van der Waals surface area contributed by atoms with E-state index in [0.717, 1.165) is 5.56 Å². The summed E-state index contributed by atoms with van der Waals surface area (Å²) in [5.41, 5.74) is 1.63. The van der Waals surface area contributed by atoms with Gasteiger partial charge < -0.3 is 14.6 Å². The lowest BCUT2D eigenvalue weighted by atomic mass is 10.1. The number of benzene rings is 2. The number of rotatable bonds is 7. The number of carbonyl (C=O) groups is 1. The Hall–Kier alpha value is -2.04. The van der Waals surface area contributed by atoms with Crippen molar-refractivity contribution in [3.05, 3.63) is 64.7 Å². The molecule has 0 aromatic heterocycles. The fourth-order valence-electron chi connectivity index (χ4n) is 2.09. The van der Waals surface area contributed by atoms with Crippen LogP contribution < -0.4 is 4.74 Å². The van der Waals surface area contributed by atoms with Crippen molar-refractivity contribution in [1.29, 1.82) is 0 Å². The molecule has 0 saturated heterocycles. The molecule has 1 atom stereocenters. The number of carboxylic acids is 1. The van der Waals surface area contributed by atoms with Crippen LogP contribution in [0.2, 0.25) is 5.02 Å². The van der Waals surface area contributed by atoms with Gasteiger partial charge in [0.2, 0.25) is 0 Å². The topological polar surface area (TPSA) is 55.8 Å². The Balaban J connectivity index is 2.09. The summed E-state index contributed by atoms with van der Waals surface area (Å²) < 4.78 is 10.8. The second kappa shape index (κ2) is 7.82. The number of methoxy groups -OCH3 is 1. The molecule has 0 saturated carbocycles. The van der Waals surface area contributed by atoms with Gasteiger partial charge in [0.15, 0.2) is 6.10 Å². The van der Waals surface area contributed by atoms with Crippen LogP contribution in [0.15, 0.2) is 48.5 Å². The smallest absolute Gasteiger partial charge is 0.333 e. The van der Waals surface area contributed by atoms with Gasteiger partial charge in [0, 0.05) is 11.4 Å². The van der Waals surface area contributed by atoms with Crippen molar-refractivity contribution in [3.8, 4) is 5.75 Å². The van der Waals surface area contributed by atoms with E-state index in [1.54, 1.807) is 18.2 Å². The summed E-state index contributed by atoms with van der Waals surface area (Å²) in [6.45, 7) is 0.237. The number of halogens is 1. The van der Waals surface area contributed by atoms with Crippen LogP contribution >= 0.6 is 11.6 Å². The van der Waals surface area contributed by atoms with E-state index in [2.05, 4.69) is 0 Å². The summed E-state index contributed by atoms with van der Waals surface area (Å²) in [5.74, 6) is -0.420. The second-order valence-corrected chi connectivity index (χ2v) is 5.22. The largest absolute Gasteiger partial charge is 0.496 e. The number of ether oxygens (including phenoxy) is 2. The van der Waals surface area contributed by atoms with Crippen molar-refractivity contribution in [1.82, 2.24) is 0 Å². The Morgan fingerprint density at radius 3 is 2.59 bits per heavy atom. The van der Waals surface area contributed by atoms with Crippen LogP contribution in [0.5, 0.6) is 5.75 Å². The van der Waals surface area contributed by atoms with Crippen LogP contribution in [0.1, 0.15) is 11.1 Å². The molecule has 0 aliphatic carbocycles. The second-order valence-electron chi connectivity index (χ2n) is 4.78. The third-order valence-corrected chi connectivity index (χ3v) is 3.45. The van der Waals surface area contributed by atoms with E-state index >= 15 is 0 Å². The highest BCUT2D eigenvalue weighted by atomic mass is 35.5. The van der Waals surface area contributed by atoms with Crippen LogP contribution in [-0.2, 0) is 22.6 Å². The van der Waals surface area contributed by atoms with Gasteiger partial charge in [-0.1, -0.05) is 41.9 Å². The molecular formula is C17H17ClO4. The summed E-state index contributed by atoms with van der Waals surface area (Å²) in [5, 5.41) is 9.88. The average Bonchev–Trinajstić information content (AvgIpc) is 2.52. The zero-order valence-corrected chi connectivity index (χ0v) is 12.9. The summed E-state index contributed by atoms with van der Waals surface area (Å²) in [6.07, 6.45) is -0.779. The molecule has 0 spiro atoms. The number of carboxylic acid groups (broad SMARTS) is 1. The molecule has 1 N–H and O–H groups in total. The normalized spacial score (nSPS) is 11.9. The van der Waals surface area contributed by atoms with Crippen LogP contribution in [0.4, 0.5) is 0 Å². The first-order valence-electron chi connectivity index (χ1n) is 6.81. The Morgan fingerprint density at radius 2 is 1.95 bits per heavy atom. The maximum atomic E-state index is 11.4. The molecule has 2 rings (SSSR count). The molecule has 0 amide bonds. The van der Waals surface area contributed by atoms with Gasteiger partial charge in [-0.05, 0) is 29.3 Å². The van der Waals surface area contributed by atoms with Gasteiger partial charge in [-0.3, -0.25) is 0 Å². The first-order valence-corrected chi connectivity index (χ1v) is 7.18. The van der Waals surface area contributed by atoms with E-state index in [0.29, 0.717) is 16.3 Å². The molecule has 22 heavy (non-hydrogen) atoms. The molecule has 0 radical (unpaired) electrons. The third kappa shape index (κ3) is 4.48. The predicted octanol–water partition coefficient (Wildman–Crippen LogP) is 3.56. The minimum Gasteiger partial charge on any atom is -0.496 e. The zero-order valence-electron chi connectivity index (χ0n) is 12.2. The van der Waals surface area contributed by atoms with Gasteiger partial charge in [-0.25, -0.2) is 4.79 Å². The predicted molar refractivity (Wildman–Crippen MR) is 84.4 cm³/mol. The highest BCUT2D eigenvalue weighted by Crippen LogP contribution is 2.24. The fraction of sp³-hybridized carbons (Fsp3) is 0.235. The summed E-state index contributed by atoms with van der Waals surface area (Å²) >= 11 is 5.97. The minimum atomic E-state index is -1.02. The molecule has 0 heterocycles. The maximum Gasteiger partial charge on any atom is 0.333 e. The average molecular weight is 321 g/mol. The van der Waals surface area contributed by atoms with Gasteiger partial charge in [-0.2, -0.15) is 0 Å². The summed E-state index contributed by atoms with van der Waals surface area (Å²) in [6, 6.07) is 14.6. The molecule has 0 fully saturated rings. The molecule has 0 unspecified atom stereocenters. The van der Waals surface area contributed by atoms with E-state index in [9.17, 15) is 9.90 Å². The quantitative estimate of drug-likeness (QED) is 0.847. The maximum absolute atomic E-state index is 11.4. The van der Waals surface area contributed by atoms with Gasteiger partial charge in [0.05, 0.1) is 13.7 Å². The summed E-state index contributed by atoms with van der Waals surface area (Å²) in [4.78, 5) is 11.4. The molecule has 4 nitrogen and oxygen atoms in total. The van der Waals surface area contributed by atoms with E-state index in [4.69, 9.17) is 21.1 Å². The Kier molecular flexibility index (Phi) is 5.81. The highest BCUT2D eigenvalue weighted by Gasteiger charge is 2.21. The van der Waals surface area contributed by atoms with Crippen molar-refractivity contribution in [2.75, 3.05) is 7.11 Å². The molecule has 2 aromatic rings. The van der Waals surface area contributed by atoms with Crippen molar-refractivity contribution in [2.45, 2.75) is 19.1 Å². The van der Waals surface area contributed by atoms with Crippen molar-refractivity contribution in [3.63, 3.8) is 0 Å². The lowest BCUT2D eigenvalue weighted by Crippen LogP contribution is -2.26. The third-order valence-electron chi connectivity index (χ3n) is 3.22. The number of hydrogen-bond acceptors (Lipinski definition) is 3. The van der Waals surface area contributed by atoms with E-state index in [1.807, 2.05) is 30.3 Å². The van der Waals surface area contributed by atoms with Gasteiger partial charge in [-0.15, -0.1) is 0 Å². The zero-order chi connectivity index (χ0) is 15.9. The van der Waals surface area contributed by atoms with Crippen molar-refractivity contribution < 1.29 is 19.4 Å². The van der Waals surface area contributed by atoms with Gasteiger partial charge >= 0.3 is 5.97 Å². The lowest BCUT2D eigenvalue weighted by molar-refractivity contribution is -0.151. The van der Waals surface area contributed by atoms with Gasteiger partial charge in [0.1, 0.15) is 5.75 Å². The molecule has 5 heteroatoms. The van der Waals surface area contributed by atoms with Crippen LogP contribution in [0, 0.1) is 0 Å². The summed E-state index contributed by atoms with van der Waals surface area (Å²) in [7, 11) is 1.54. The van der Waals surface area contributed by atoms with E-state index in [-0.39, 0.29) is 13.0 Å².